The highest BCUT2D eigenvalue weighted by molar-refractivity contribution is 5.99. The van der Waals surface area contributed by atoms with Gasteiger partial charge in [0.1, 0.15) is 36.2 Å². The van der Waals surface area contributed by atoms with Crippen LogP contribution in [0.1, 0.15) is 42.1 Å². The molecule has 0 spiro atoms. The van der Waals surface area contributed by atoms with Crippen LogP contribution in [0.3, 0.4) is 0 Å². The number of ether oxygens (including phenoxy) is 3. The third-order valence-electron chi connectivity index (χ3n) is 6.98. The van der Waals surface area contributed by atoms with E-state index in [4.69, 9.17) is 14.2 Å². The van der Waals surface area contributed by atoms with Crippen LogP contribution in [0.25, 0.3) is 11.1 Å². The van der Waals surface area contributed by atoms with E-state index in [1.54, 1.807) is 12.1 Å². The second-order valence-corrected chi connectivity index (χ2v) is 9.18. The van der Waals surface area contributed by atoms with Gasteiger partial charge in [0.25, 0.3) is 0 Å². The number of piperidine rings is 1. The predicted octanol–water partition coefficient (Wildman–Crippen LogP) is 5.69. The van der Waals surface area contributed by atoms with Crippen molar-refractivity contribution in [1.29, 1.82) is 0 Å². The number of fused-ring (bicyclic) bond motifs is 4. The van der Waals surface area contributed by atoms with Crippen molar-refractivity contribution in [3.05, 3.63) is 83.4 Å². The fraction of sp³-hybridized carbons (Fsp3) is 0.310. The number of hydrogen-bond acceptors (Lipinski definition) is 5. The molecular weight excluding hydrogens is 426 g/mol. The number of likely N-dealkylation sites (tertiary alicyclic amines) is 1. The molecular formula is C29H29NO4. The van der Waals surface area contributed by atoms with Gasteiger partial charge in [0.05, 0.1) is 0 Å². The van der Waals surface area contributed by atoms with Crippen LogP contribution in [-0.2, 0) is 0 Å². The highest BCUT2D eigenvalue weighted by Gasteiger charge is 2.35. The summed E-state index contributed by atoms with van der Waals surface area (Å²) in [7, 11) is 0. The smallest absolute Gasteiger partial charge is 0.150 e. The molecule has 3 aliphatic rings. The summed E-state index contributed by atoms with van der Waals surface area (Å²) in [5.74, 6) is 2.62. The van der Waals surface area contributed by atoms with Crippen LogP contribution in [-0.4, -0.2) is 42.9 Å². The Balaban J connectivity index is 1.27. The second-order valence-electron chi connectivity index (χ2n) is 9.18. The maximum atomic E-state index is 9.97. The van der Waals surface area contributed by atoms with Gasteiger partial charge in [0.2, 0.25) is 0 Å². The Morgan fingerprint density at radius 3 is 2.56 bits per heavy atom. The summed E-state index contributed by atoms with van der Waals surface area (Å²) in [4.78, 5) is 2.49. The van der Waals surface area contributed by atoms with Crippen molar-refractivity contribution in [3.8, 4) is 23.0 Å². The lowest BCUT2D eigenvalue weighted by atomic mass is 9.84. The van der Waals surface area contributed by atoms with Crippen molar-refractivity contribution in [2.75, 3.05) is 32.8 Å². The molecule has 3 heterocycles. The molecule has 0 aromatic heterocycles. The molecule has 174 valence electrons. The van der Waals surface area contributed by atoms with Crippen LogP contribution in [0.4, 0.5) is 0 Å². The largest absolute Gasteiger partial charge is 0.508 e. The Hall–Kier alpha value is -3.44. The molecule has 1 atom stereocenters. The molecule has 1 fully saturated rings. The van der Waals surface area contributed by atoms with Crippen LogP contribution in [0, 0.1) is 0 Å². The fourth-order valence-corrected chi connectivity index (χ4v) is 5.22. The lowest BCUT2D eigenvalue weighted by Gasteiger charge is -2.35. The monoisotopic (exact) mass is 455 g/mol. The van der Waals surface area contributed by atoms with Crippen molar-refractivity contribution >= 4 is 11.1 Å². The highest BCUT2D eigenvalue weighted by Crippen LogP contribution is 2.51. The van der Waals surface area contributed by atoms with Crippen LogP contribution in [0.15, 0.2) is 66.7 Å². The van der Waals surface area contributed by atoms with Gasteiger partial charge in [-0.25, -0.2) is 0 Å². The van der Waals surface area contributed by atoms with Gasteiger partial charge in [-0.3, -0.25) is 4.90 Å². The number of nitrogens with zero attached hydrogens (tertiary/aromatic N) is 1. The van der Waals surface area contributed by atoms with Crippen LogP contribution >= 0.6 is 0 Å². The van der Waals surface area contributed by atoms with Gasteiger partial charge in [-0.15, -0.1) is 0 Å². The molecule has 5 nitrogen and oxygen atoms in total. The van der Waals surface area contributed by atoms with E-state index in [0.29, 0.717) is 19.0 Å². The van der Waals surface area contributed by atoms with Crippen molar-refractivity contribution in [1.82, 2.24) is 4.90 Å². The third kappa shape index (κ3) is 4.01. The van der Waals surface area contributed by atoms with Crippen molar-refractivity contribution < 1.29 is 19.3 Å². The van der Waals surface area contributed by atoms with E-state index in [1.807, 2.05) is 36.4 Å². The Kier molecular flexibility index (Phi) is 5.63. The van der Waals surface area contributed by atoms with Crippen molar-refractivity contribution in [3.63, 3.8) is 0 Å². The Bertz CT molecular complexity index is 1210. The zero-order valence-electron chi connectivity index (χ0n) is 19.2. The van der Waals surface area contributed by atoms with Gasteiger partial charge in [-0.05, 0) is 61.8 Å². The zero-order chi connectivity index (χ0) is 22.9. The summed E-state index contributed by atoms with van der Waals surface area (Å²) in [5.41, 5.74) is 5.31. The minimum Gasteiger partial charge on any atom is -0.508 e. The molecule has 0 unspecified atom stereocenters. The number of hydrogen-bond donors (Lipinski definition) is 1. The third-order valence-corrected chi connectivity index (χ3v) is 6.98. The SMILES string of the molecule is Oc1ccc2c(c1)OCC1=C2[C@H](c2ccc(OCCN3CCCCC3)cc2)Oc2ccccc21. The van der Waals surface area contributed by atoms with E-state index in [2.05, 4.69) is 23.1 Å². The number of benzene rings is 3. The quantitative estimate of drug-likeness (QED) is 0.535. The number of rotatable bonds is 5. The molecule has 0 amide bonds. The summed E-state index contributed by atoms with van der Waals surface area (Å²) in [6.07, 6.45) is 3.68. The van der Waals surface area contributed by atoms with Crippen LogP contribution in [0.5, 0.6) is 23.0 Å². The van der Waals surface area contributed by atoms with E-state index in [9.17, 15) is 5.11 Å². The fourth-order valence-electron chi connectivity index (χ4n) is 5.22. The lowest BCUT2D eigenvalue weighted by Crippen LogP contribution is -2.33. The molecule has 0 saturated carbocycles. The Morgan fingerprint density at radius 1 is 0.882 bits per heavy atom. The van der Waals surface area contributed by atoms with E-state index >= 15 is 0 Å². The number of phenolic OH excluding ortho intramolecular Hbond substituents is 1. The van der Waals surface area contributed by atoms with Gasteiger partial charge in [0.15, 0.2) is 6.10 Å². The molecule has 3 aromatic carbocycles. The van der Waals surface area contributed by atoms with Crippen molar-refractivity contribution in [2.45, 2.75) is 25.4 Å². The predicted molar refractivity (Wildman–Crippen MR) is 132 cm³/mol. The standard InChI is InChI=1S/C29H29NO4/c31-21-10-13-24-27(18-21)33-19-25-23-6-2-3-7-26(23)34-29(28(24)25)20-8-11-22(12-9-20)32-17-16-30-14-4-1-5-15-30/h2-3,6-13,18,29,31H,1,4-5,14-17,19H2/t29-/m0/s1. The average molecular weight is 456 g/mol. The van der Waals surface area contributed by atoms with Gasteiger partial charge in [-0.2, -0.15) is 0 Å². The van der Waals surface area contributed by atoms with E-state index in [0.717, 1.165) is 45.9 Å². The molecule has 3 aromatic rings. The summed E-state index contributed by atoms with van der Waals surface area (Å²) in [6, 6.07) is 21.7. The summed E-state index contributed by atoms with van der Waals surface area (Å²) in [6.45, 7) is 4.49. The number of phenols is 1. The normalized spacial score (nSPS) is 19.4. The minimum atomic E-state index is -0.264. The second kappa shape index (κ2) is 9.07. The Labute approximate surface area is 200 Å². The lowest BCUT2D eigenvalue weighted by molar-refractivity contribution is 0.183. The molecule has 34 heavy (non-hydrogen) atoms. The summed E-state index contributed by atoms with van der Waals surface area (Å²) < 4.78 is 18.6. The minimum absolute atomic E-state index is 0.197. The van der Waals surface area contributed by atoms with Gasteiger partial charge >= 0.3 is 0 Å². The first kappa shape index (κ1) is 21.1. The maximum absolute atomic E-state index is 9.97. The van der Waals surface area contributed by atoms with Crippen LogP contribution in [0.2, 0.25) is 0 Å². The van der Waals surface area contributed by atoms with E-state index in [1.165, 1.54) is 32.4 Å². The Morgan fingerprint density at radius 2 is 1.71 bits per heavy atom. The van der Waals surface area contributed by atoms with Gasteiger partial charge < -0.3 is 19.3 Å². The first-order valence-electron chi connectivity index (χ1n) is 12.2. The van der Waals surface area contributed by atoms with E-state index < -0.39 is 0 Å². The van der Waals surface area contributed by atoms with E-state index in [-0.39, 0.29) is 11.9 Å². The number of aromatic hydroxyl groups is 1. The van der Waals surface area contributed by atoms with Gasteiger partial charge in [0, 0.05) is 34.9 Å². The molecule has 1 saturated heterocycles. The molecule has 5 heteroatoms. The molecule has 1 N–H and O–H groups in total. The number of para-hydroxylation sites is 1. The van der Waals surface area contributed by atoms with Gasteiger partial charge in [-0.1, -0.05) is 36.8 Å². The zero-order valence-corrected chi connectivity index (χ0v) is 19.2. The molecule has 0 aliphatic carbocycles. The molecule has 6 rings (SSSR count). The molecule has 0 radical (unpaired) electrons. The molecule has 3 aliphatic heterocycles. The maximum Gasteiger partial charge on any atom is 0.150 e. The van der Waals surface area contributed by atoms with Crippen molar-refractivity contribution in [2.24, 2.45) is 0 Å². The summed E-state index contributed by atoms with van der Waals surface area (Å²) in [5, 5.41) is 9.97. The first-order valence-corrected chi connectivity index (χ1v) is 12.2. The highest BCUT2D eigenvalue weighted by atomic mass is 16.5. The summed E-state index contributed by atoms with van der Waals surface area (Å²) >= 11 is 0. The molecule has 0 bridgehead atoms. The topological polar surface area (TPSA) is 51.2 Å². The average Bonchev–Trinajstić information content (AvgIpc) is 2.89. The van der Waals surface area contributed by atoms with Crippen LogP contribution < -0.4 is 14.2 Å². The first-order chi connectivity index (χ1) is 16.8.